The third-order valence-electron chi connectivity index (χ3n) is 2.76. The highest BCUT2D eigenvalue weighted by Crippen LogP contribution is 2.23. The lowest BCUT2D eigenvalue weighted by Gasteiger charge is -2.03. The lowest BCUT2D eigenvalue weighted by atomic mass is 10.3. The van der Waals surface area contributed by atoms with Crippen molar-refractivity contribution in [2.24, 2.45) is 0 Å². The summed E-state index contributed by atoms with van der Waals surface area (Å²) < 4.78 is 2.70. The highest BCUT2D eigenvalue weighted by atomic mass is 32.1. The number of aromatic amines is 1. The Morgan fingerprint density at radius 3 is 3.00 bits per heavy atom. The van der Waals surface area contributed by atoms with E-state index in [0.717, 1.165) is 34.4 Å². The van der Waals surface area contributed by atoms with Gasteiger partial charge < -0.3 is 0 Å². The fourth-order valence-corrected chi connectivity index (χ4v) is 3.46. The van der Waals surface area contributed by atoms with E-state index in [4.69, 9.17) is 12.2 Å². The molecular weight excluding hydrogens is 296 g/mol. The van der Waals surface area contributed by atoms with E-state index in [1.54, 1.807) is 22.7 Å². The first kappa shape index (κ1) is 12.7. The normalized spacial score (nSPS) is 11.0. The number of rotatable bonds is 4. The van der Waals surface area contributed by atoms with Gasteiger partial charge in [0.2, 0.25) is 0 Å². The molecule has 0 aliphatic rings. The Bertz CT molecular complexity index is 720. The summed E-state index contributed by atoms with van der Waals surface area (Å²) in [5.41, 5.74) is 1.11. The molecule has 3 heterocycles. The number of hydrogen-bond acceptors (Lipinski definition) is 5. The summed E-state index contributed by atoms with van der Waals surface area (Å²) in [6.45, 7) is 2.82. The molecule has 0 spiro atoms. The van der Waals surface area contributed by atoms with Crippen molar-refractivity contribution in [3.8, 4) is 10.7 Å². The second-order valence-electron chi connectivity index (χ2n) is 4.09. The zero-order chi connectivity index (χ0) is 13.2. The van der Waals surface area contributed by atoms with Gasteiger partial charge in [-0.05, 0) is 30.6 Å². The Kier molecular flexibility index (Phi) is 3.58. The molecule has 98 valence electrons. The van der Waals surface area contributed by atoms with Crippen molar-refractivity contribution in [2.45, 2.75) is 19.9 Å². The smallest absolute Gasteiger partial charge is 0.195 e. The maximum Gasteiger partial charge on any atom is 0.195 e. The Hall–Kier alpha value is -1.31. The van der Waals surface area contributed by atoms with E-state index in [0.29, 0.717) is 4.77 Å². The molecule has 7 heteroatoms. The second kappa shape index (κ2) is 5.36. The molecule has 3 aromatic heterocycles. The van der Waals surface area contributed by atoms with Crippen LogP contribution < -0.4 is 0 Å². The molecule has 4 nitrogen and oxygen atoms in total. The summed E-state index contributed by atoms with van der Waals surface area (Å²) in [5.74, 6) is 0.909. The van der Waals surface area contributed by atoms with Gasteiger partial charge in [0.05, 0.1) is 15.6 Å². The third kappa shape index (κ3) is 2.68. The molecule has 3 rings (SSSR count). The van der Waals surface area contributed by atoms with Crippen LogP contribution in [-0.4, -0.2) is 19.7 Å². The minimum Gasteiger partial charge on any atom is -0.299 e. The molecule has 0 aliphatic carbocycles. The molecule has 0 fully saturated rings. The fraction of sp³-hybridized carbons (Fsp3) is 0.250. The molecular formula is C12H12N4S3. The Balaban J connectivity index is 1.85. The number of nitrogens with zero attached hydrogens (tertiary/aromatic N) is 3. The van der Waals surface area contributed by atoms with Crippen LogP contribution in [0.3, 0.4) is 0 Å². The number of aryl methyl sites for hydroxylation is 2. The van der Waals surface area contributed by atoms with Crippen molar-refractivity contribution < 1.29 is 0 Å². The summed E-state index contributed by atoms with van der Waals surface area (Å²) in [6.07, 6.45) is 0.872. The molecule has 0 aliphatic heterocycles. The van der Waals surface area contributed by atoms with Crippen LogP contribution in [0, 0.1) is 11.7 Å². The number of thiazole rings is 1. The number of hydrogen-bond donors (Lipinski definition) is 1. The lowest BCUT2D eigenvalue weighted by Crippen LogP contribution is -2.03. The van der Waals surface area contributed by atoms with Gasteiger partial charge in [0, 0.05) is 18.3 Å². The number of H-pyrrole nitrogens is 1. The van der Waals surface area contributed by atoms with Crippen LogP contribution in [0.1, 0.15) is 10.7 Å². The molecule has 0 radical (unpaired) electrons. The third-order valence-corrected chi connectivity index (χ3v) is 4.76. The van der Waals surface area contributed by atoms with Crippen LogP contribution >= 0.6 is 34.9 Å². The minimum atomic E-state index is 0.662. The van der Waals surface area contributed by atoms with E-state index in [-0.39, 0.29) is 0 Å². The lowest BCUT2D eigenvalue weighted by molar-refractivity contribution is 0.683. The maximum absolute atomic E-state index is 5.30. The monoisotopic (exact) mass is 308 g/mol. The molecule has 0 atom stereocenters. The van der Waals surface area contributed by atoms with Gasteiger partial charge >= 0.3 is 0 Å². The van der Waals surface area contributed by atoms with Gasteiger partial charge in [0.25, 0.3) is 0 Å². The van der Waals surface area contributed by atoms with E-state index >= 15 is 0 Å². The highest BCUT2D eigenvalue weighted by Gasteiger charge is 2.10. The van der Waals surface area contributed by atoms with Gasteiger partial charge in [-0.15, -0.1) is 22.7 Å². The summed E-state index contributed by atoms with van der Waals surface area (Å²) in [4.78, 5) is 5.60. The first-order valence-electron chi connectivity index (χ1n) is 5.84. The average Bonchev–Trinajstić information content (AvgIpc) is 3.08. The molecule has 19 heavy (non-hydrogen) atoms. The van der Waals surface area contributed by atoms with Crippen molar-refractivity contribution in [1.29, 1.82) is 0 Å². The zero-order valence-electron chi connectivity index (χ0n) is 10.3. The summed E-state index contributed by atoms with van der Waals surface area (Å²) in [7, 11) is 0. The van der Waals surface area contributed by atoms with Crippen LogP contribution in [0.15, 0.2) is 22.9 Å². The summed E-state index contributed by atoms with van der Waals surface area (Å²) in [5, 5.41) is 12.4. The van der Waals surface area contributed by atoms with Crippen LogP contribution in [0.5, 0.6) is 0 Å². The van der Waals surface area contributed by atoms with Gasteiger partial charge in [-0.1, -0.05) is 6.07 Å². The van der Waals surface area contributed by atoms with E-state index in [9.17, 15) is 0 Å². The first-order valence-corrected chi connectivity index (χ1v) is 8.01. The maximum atomic E-state index is 5.30. The number of nitrogens with one attached hydrogen (secondary N) is 1. The number of thiophene rings is 1. The van der Waals surface area contributed by atoms with Gasteiger partial charge in [0.15, 0.2) is 10.6 Å². The molecule has 0 unspecified atom stereocenters. The van der Waals surface area contributed by atoms with Crippen molar-refractivity contribution in [2.75, 3.05) is 0 Å². The number of aromatic nitrogens is 4. The highest BCUT2D eigenvalue weighted by molar-refractivity contribution is 7.71. The van der Waals surface area contributed by atoms with Crippen molar-refractivity contribution >= 4 is 34.9 Å². The van der Waals surface area contributed by atoms with Gasteiger partial charge in [-0.3, -0.25) is 9.67 Å². The second-order valence-corrected chi connectivity index (χ2v) is 6.49. The van der Waals surface area contributed by atoms with E-state index in [1.807, 2.05) is 22.9 Å². The van der Waals surface area contributed by atoms with E-state index in [2.05, 4.69) is 26.6 Å². The predicted octanol–water partition coefficient (Wildman–Crippen LogP) is 3.68. The quantitative estimate of drug-likeness (QED) is 0.748. The predicted molar refractivity (Wildman–Crippen MR) is 81.3 cm³/mol. The van der Waals surface area contributed by atoms with Gasteiger partial charge in [-0.25, -0.2) is 4.98 Å². The topological polar surface area (TPSA) is 46.5 Å². The SMILES string of the molecule is Cc1nc(CCn2c(-c3cccs3)n[nH]c2=S)cs1. The molecule has 1 N–H and O–H groups in total. The summed E-state index contributed by atoms with van der Waals surface area (Å²) in [6, 6.07) is 4.07. The largest absolute Gasteiger partial charge is 0.299 e. The van der Waals surface area contributed by atoms with Gasteiger partial charge in [-0.2, -0.15) is 5.10 Å². The minimum absolute atomic E-state index is 0.662. The standard InChI is InChI=1S/C12H12N4S3/c1-8-13-9(7-19-8)4-5-16-11(14-15-12(16)17)10-3-2-6-18-10/h2-3,6-7H,4-5H2,1H3,(H,15,17). The zero-order valence-corrected chi connectivity index (χ0v) is 12.7. The Morgan fingerprint density at radius 1 is 1.42 bits per heavy atom. The first-order chi connectivity index (χ1) is 9.24. The van der Waals surface area contributed by atoms with Crippen molar-refractivity contribution in [3.05, 3.63) is 38.4 Å². The molecule has 0 amide bonds. The molecule has 0 saturated heterocycles. The summed E-state index contributed by atoms with van der Waals surface area (Å²) >= 11 is 8.65. The van der Waals surface area contributed by atoms with Crippen LogP contribution in [0.25, 0.3) is 10.7 Å². The van der Waals surface area contributed by atoms with Crippen LogP contribution in [0.4, 0.5) is 0 Å². The van der Waals surface area contributed by atoms with Crippen molar-refractivity contribution in [1.82, 2.24) is 19.7 Å². The molecule has 0 saturated carbocycles. The van der Waals surface area contributed by atoms with Crippen molar-refractivity contribution in [3.63, 3.8) is 0 Å². The average molecular weight is 308 g/mol. The molecule has 3 aromatic rings. The van der Waals surface area contributed by atoms with E-state index in [1.165, 1.54) is 0 Å². The van der Waals surface area contributed by atoms with Crippen LogP contribution in [0.2, 0.25) is 0 Å². The van der Waals surface area contributed by atoms with E-state index < -0.39 is 0 Å². The van der Waals surface area contributed by atoms with Crippen LogP contribution in [-0.2, 0) is 13.0 Å². The Morgan fingerprint density at radius 2 is 2.32 bits per heavy atom. The fourth-order valence-electron chi connectivity index (χ4n) is 1.87. The van der Waals surface area contributed by atoms with Gasteiger partial charge in [0.1, 0.15) is 0 Å². The molecule has 0 bridgehead atoms. The molecule has 0 aromatic carbocycles. The Labute approximate surface area is 123 Å².